The number of sulfonamides is 1. The monoisotopic (exact) mass is 397 g/mol. The van der Waals surface area contributed by atoms with Crippen molar-refractivity contribution in [2.24, 2.45) is 0 Å². The van der Waals surface area contributed by atoms with Gasteiger partial charge in [-0.05, 0) is 48.9 Å². The molecule has 1 amide bonds. The third kappa shape index (κ3) is 5.31. The fourth-order valence-corrected chi connectivity index (χ4v) is 3.17. The molecular formula is C18H21F2N3O3S. The summed E-state index contributed by atoms with van der Waals surface area (Å²) in [5.74, 6) is -2.23. The number of benzene rings is 2. The molecule has 0 bridgehead atoms. The van der Waals surface area contributed by atoms with E-state index in [4.69, 9.17) is 0 Å². The number of anilines is 1. The van der Waals surface area contributed by atoms with E-state index in [2.05, 4.69) is 10.6 Å². The van der Waals surface area contributed by atoms with Gasteiger partial charge in [-0.2, -0.15) is 0 Å². The van der Waals surface area contributed by atoms with E-state index in [-0.39, 0.29) is 23.4 Å². The first-order valence-corrected chi connectivity index (χ1v) is 9.56. The Bertz CT molecular complexity index is 916. The van der Waals surface area contributed by atoms with Crippen LogP contribution >= 0.6 is 0 Å². The molecule has 146 valence electrons. The van der Waals surface area contributed by atoms with Crippen molar-refractivity contribution in [3.05, 3.63) is 59.7 Å². The predicted octanol–water partition coefficient (Wildman–Crippen LogP) is 2.50. The van der Waals surface area contributed by atoms with E-state index in [0.29, 0.717) is 11.3 Å². The smallest absolute Gasteiger partial charge is 0.242 e. The van der Waals surface area contributed by atoms with Crippen molar-refractivity contribution in [2.75, 3.05) is 26.0 Å². The average Bonchev–Trinajstić information content (AvgIpc) is 2.62. The van der Waals surface area contributed by atoms with Crippen LogP contribution in [0.5, 0.6) is 0 Å². The highest BCUT2D eigenvalue weighted by molar-refractivity contribution is 7.89. The molecule has 0 aromatic heterocycles. The molecule has 0 heterocycles. The van der Waals surface area contributed by atoms with Crippen LogP contribution in [0.2, 0.25) is 0 Å². The zero-order chi connectivity index (χ0) is 20.2. The minimum absolute atomic E-state index is 0.0576. The molecule has 9 heteroatoms. The molecular weight excluding hydrogens is 376 g/mol. The van der Waals surface area contributed by atoms with Gasteiger partial charge in [-0.15, -0.1) is 0 Å². The summed E-state index contributed by atoms with van der Waals surface area (Å²) in [6.45, 7) is 1.67. The first-order chi connectivity index (χ1) is 12.6. The molecule has 0 saturated heterocycles. The Balaban J connectivity index is 1.93. The van der Waals surface area contributed by atoms with Crippen LogP contribution in [0.4, 0.5) is 14.5 Å². The second-order valence-electron chi connectivity index (χ2n) is 6.14. The molecule has 2 N–H and O–H groups in total. The summed E-state index contributed by atoms with van der Waals surface area (Å²) in [5, 5.41) is 5.55. The molecule has 0 fully saturated rings. The minimum Gasteiger partial charge on any atom is -0.325 e. The molecule has 0 aliphatic carbocycles. The van der Waals surface area contributed by atoms with Crippen molar-refractivity contribution < 1.29 is 22.0 Å². The van der Waals surface area contributed by atoms with Gasteiger partial charge in [0.1, 0.15) is 0 Å². The number of nitrogens with zero attached hydrogens (tertiary/aromatic N) is 1. The normalized spacial score (nSPS) is 12.8. The first-order valence-electron chi connectivity index (χ1n) is 8.12. The highest BCUT2D eigenvalue weighted by Crippen LogP contribution is 2.17. The maximum Gasteiger partial charge on any atom is 0.242 e. The van der Waals surface area contributed by atoms with Gasteiger partial charge in [0.15, 0.2) is 11.6 Å². The number of nitrogens with one attached hydrogen (secondary N) is 2. The van der Waals surface area contributed by atoms with Gasteiger partial charge in [0.05, 0.1) is 11.4 Å². The average molecular weight is 397 g/mol. The maximum atomic E-state index is 13.3. The summed E-state index contributed by atoms with van der Waals surface area (Å²) < 4.78 is 51.3. The van der Waals surface area contributed by atoms with E-state index in [0.717, 1.165) is 16.4 Å². The molecule has 1 atom stereocenters. The van der Waals surface area contributed by atoms with Crippen LogP contribution in [0.1, 0.15) is 18.5 Å². The lowest BCUT2D eigenvalue weighted by Crippen LogP contribution is -2.30. The van der Waals surface area contributed by atoms with Gasteiger partial charge in [-0.1, -0.05) is 6.07 Å². The van der Waals surface area contributed by atoms with Crippen molar-refractivity contribution in [1.82, 2.24) is 9.62 Å². The molecule has 27 heavy (non-hydrogen) atoms. The second kappa shape index (κ2) is 8.55. The van der Waals surface area contributed by atoms with E-state index in [1.807, 2.05) is 0 Å². The van der Waals surface area contributed by atoms with Gasteiger partial charge in [0, 0.05) is 25.8 Å². The summed E-state index contributed by atoms with van der Waals surface area (Å²) >= 11 is 0. The maximum absolute atomic E-state index is 13.3. The molecule has 0 aliphatic rings. The van der Waals surface area contributed by atoms with Gasteiger partial charge in [0.2, 0.25) is 15.9 Å². The molecule has 2 aromatic carbocycles. The predicted molar refractivity (Wildman–Crippen MR) is 98.7 cm³/mol. The summed E-state index contributed by atoms with van der Waals surface area (Å²) in [4.78, 5) is 12.1. The van der Waals surface area contributed by atoms with Crippen molar-refractivity contribution in [2.45, 2.75) is 17.9 Å². The van der Waals surface area contributed by atoms with Gasteiger partial charge >= 0.3 is 0 Å². The fraction of sp³-hybridized carbons (Fsp3) is 0.278. The van der Waals surface area contributed by atoms with Crippen LogP contribution in [0.25, 0.3) is 0 Å². The number of amides is 1. The Labute approximate surface area is 157 Å². The molecule has 0 unspecified atom stereocenters. The van der Waals surface area contributed by atoms with Gasteiger partial charge in [0.25, 0.3) is 0 Å². The summed E-state index contributed by atoms with van der Waals surface area (Å²) in [5.41, 5.74) is 0.958. The SMILES string of the molecule is C[C@H](NCC(=O)Nc1ccc(S(=O)(=O)N(C)C)cc1)c1ccc(F)c(F)c1. The lowest BCUT2D eigenvalue weighted by Gasteiger charge is -2.15. The minimum atomic E-state index is -3.53. The third-order valence-electron chi connectivity index (χ3n) is 3.93. The number of hydrogen-bond acceptors (Lipinski definition) is 4. The number of hydrogen-bond donors (Lipinski definition) is 2. The van der Waals surface area contributed by atoms with Crippen LogP contribution in [0.3, 0.4) is 0 Å². The highest BCUT2D eigenvalue weighted by atomic mass is 32.2. The summed E-state index contributed by atoms with van der Waals surface area (Å²) in [6, 6.07) is 8.99. The number of rotatable bonds is 7. The molecule has 0 saturated carbocycles. The Morgan fingerprint density at radius 3 is 2.26 bits per heavy atom. The van der Waals surface area contributed by atoms with Crippen LogP contribution < -0.4 is 10.6 Å². The Morgan fingerprint density at radius 2 is 1.70 bits per heavy atom. The molecule has 0 aliphatic heterocycles. The largest absolute Gasteiger partial charge is 0.325 e. The third-order valence-corrected chi connectivity index (χ3v) is 5.76. The van der Waals surface area contributed by atoms with Crippen LogP contribution in [0, 0.1) is 11.6 Å². The van der Waals surface area contributed by atoms with Crippen LogP contribution in [-0.4, -0.2) is 39.3 Å². The standard InChI is InChI=1S/C18H21F2N3O3S/c1-12(13-4-9-16(19)17(20)10-13)21-11-18(24)22-14-5-7-15(8-6-14)27(25,26)23(2)3/h4-10,12,21H,11H2,1-3H3,(H,22,24)/t12-/m0/s1. The van der Waals surface area contributed by atoms with Crippen molar-refractivity contribution in [3.8, 4) is 0 Å². The van der Waals surface area contributed by atoms with E-state index in [9.17, 15) is 22.0 Å². The molecule has 0 radical (unpaired) electrons. The molecule has 2 aromatic rings. The summed E-state index contributed by atoms with van der Waals surface area (Å²) in [6.07, 6.45) is 0. The molecule has 2 rings (SSSR count). The van der Waals surface area contributed by atoms with Crippen molar-refractivity contribution in [3.63, 3.8) is 0 Å². The first kappa shape index (κ1) is 20.9. The van der Waals surface area contributed by atoms with E-state index >= 15 is 0 Å². The van der Waals surface area contributed by atoms with Crippen molar-refractivity contribution >= 4 is 21.6 Å². The Morgan fingerprint density at radius 1 is 1.07 bits per heavy atom. The quantitative estimate of drug-likeness (QED) is 0.753. The summed E-state index contributed by atoms with van der Waals surface area (Å²) in [7, 11) is -0.659. The van der Waals surface area contributed by atoms with Crippen LogP contribution in [-0.2, 0) is 14.8 Å². The van der Waals surface area contributed by atoms with Crippen molar-refractivity contribution in [1.29, 1.82) is 0 Å². The second-order valence-corrected chi connectivity index (χ2v) is 8.29. The zero-order valence-corrected chi connectivity index (χ0v) is 16.0. The van der Waals surface area contributed by atoms with E-state index in [1.165, 1.54) is 44.4 Å². The topological polar surface area (TPSA) is 78.5 Å². The van der Waals surface area contributed by atoms with E-state index < -0.39 is 21.7 Å². The van der Waals surface area contributed by atoms with Crippen LogP contribution in [0.15, 0.2) is 47.4 Å². The van der Waals surface area contributed by atoms with E-state index in [1.54, 1.807) is 6.92 Å². The lowest BCUT2D eigenvalue weighted by atomic mass is 10.1. The van der Waals surface area contributed by atoms with Gasteiger partial charge in [-0.25, -0.2) is 21.5 Å². The molecule has 6 nitrogen and oxygen atoms in total. The zero-order valence-electron chi connectivity index (χ0n) is 15.2. The van der Waals surface area contributed by atoms with Gasteiger partial charge in [-0.3, -0.25) is 4.79 Å². The number of carbonyl (C=O) groups excluding carboxylic acids is 1. The number of halogens is 2. The Hall–Kier alpha value is -2.36. The fourth-order valence-electron chi connectivity index (χ4n) is 2.27. The lowest BCUT2D eigenvalue weighted by molar-refractivity contribution is -0.115. The number of carbonyl (C=O) groups is 1. The molecule has 0 spiro atoms. The highest BCUT2D eigenvalue weighted by Gasteiger charge is 2.17. The van der Waals surface area contributed by atoms with Gasteiger partial charge < -0.3 is 10.6 Å². The Kier molecular flexibility index (Phi) is 6.63.